The highest BCUT2D eigenvalue weighted by Crippen LogP contribution is 2.23. The summed E-state index contributed by atoms with van der Waals surface area (Å²) in [6.07, 6.45) is 3.37. The van der Waals surface area contributed by atoms with Gasteiger partial charge in [-0.25, -0.2) is 0 Å². The van der Waals surface area contributed by atoms with E-state index in [-0.39, 0.29) is 5.78 Å². The molecule has 4 heteroatoms. The van der Waals surface area contributed by atoms with Gasteiger partial charge in [0.05, 0.1) is 17.3 Å². The second-order valence-corrected chi connectivity index (χ2v) is 4.13. The van der Waals surface area contributed by atoms with Gasteiger partial charge in [-0.2, -0.15) is 5.10 Å². The van der Waals surface area contributed by atoms with Crippen LogP contribution >= 0.6 is 0 Å². The highest BCUT2D eigenvalue weighted by Gasteiger charge is 2.20. The Morgan fingerprint density at radius 2 is 2.06 bits per heavy atom. The minimum Gasteiger partial charge on any atom is -0.466 e. The molecule has 0 radical (unpaired) electrons. The predicted molar refractivity (Wildman–Crippen MR) is 64.3 cm³/mol. The summed E-state index contributed by atoms with van der Waals surface area (Å²) >= 11 is 0. The van der Waals surface area contributed by atoms with Crippen LogP contribution in [0.25, 0.3) is 0 Å². The molecule has 0 aliphatic rings. The van der Waals surface area contributed by atoms with Crippen molar-refractivity contribution in [1.82, 2.24) is 9.78 Å². The van der Waals surface area contributed by atoms with Crippen LogP contribution in [-0.2, 0) is 6.54 Å². The van der Waals surface area contributed by atoms with Gasteiger partial charge < -0.3 is 4.42 Å². The van der Waals surface area contributed by atoms with Crippen LogP contribution in [0, 0.1) is 20.8 Å². The van der Waals surface area contributed by atoms with Crippen LogP contribution in [-0.4, -0.2) is 15.6 Å². The van der Waals surface area contributed by atoms with Crippen LogP contribution in [0.1, 0.15) is 39.9 Å². The molecule has 0 unspecified atom stereocenters. The minimum absolute atomic E-state index is 0.0171. The Kier molecular flexibility index (Phi) is 2.88. The monoisotopic (exact) mass is 232 g/mol. The van der Waals surface area contributed by atoms with E-state index in [0.717, 1.165) is 17.9 Å². The normalized spacial score (nSPS) is 10.8. The van der Waals surface area contributed by atoms with Gasteiger partial charge in [0.1, 0.15) is 11.5 Å². The summed E-state index contributed by atoms with van der Waals surface area (Å²) < 4.78 is 7.21. The standard InChI is InChI=1S/C13H16N2O2/c1-5-15-7-11(6-14-15)13(16)12-8(2)9(3)17-10(12)4/h6-7H,5H2,1-4H3. The fraction of sp³-hybridized carbons (Fsp3) is 0.385. The van der Waals surface area contributed by atoms with Gasteiger partial charge in [0.15, 0.2) is 5.78 Å². The maximum Gasteiger partial charge on any atom is 0.199 e. The third kappa shape index (κ3) is 1.90. The molecule has 0 N–H and O–H groups in total. The van der Waals surface area contributed by atoms with Crippen molar-refractivity contribution in [2.24, 2.45) is 0 Å². The fourth-order valence-corrected chi connectivity index (χ4v) is 1.93. The van der Waals surface area contributed by atoms with Crippen molar-refractivity contribution < 1.29 is 9.21 Å². The Bertz CT molecular complexity index is 564. The molecule has 90 valence electrons. The highest BCUT2D eigenvalue weighted by atomic mass is 16.3. The lowest BCUT2D eigenvalue weighted by atomic mass is 10.0. The van der Waals surface area contributed by atoms with E-state index >= 15 is 0 Å². The van der Waals surface area contributed by atoms with Crippen LogP contribution in [0.4, 0.5) is 0 Å². The maximum absolute atomic E-state index is 12.3. The number of nitrogens with zero attached hydrogens (tertiary/aromatic N) is 2. The summed E-state index contributed by atoms with van der Waals surface area (Å²) in [5, 5.41) is 4.11. The van der Waals surface area contributed by atoms with Crippen LogP contribution in [0.3, 0.4) is 0 Å². The fourth-order valence-electron chi connectivity index (χ4n) is 1.93. The number of rotatable bonds is 3. The van der Waals surface area contributed by atoms with Crippen molar-refractivity contribution in [3.63, 3.8) is 0 Å². The van der Waals surface area contributed by atoms with Gasteiger partial charge in [-0.05, 0) is 27.7 Å². The van der Waals surface area contributed by atoms with Gasteiger partial charge in [-0.3, -0.25) is 9.48 Å². The first-order chi connectivity index (χ1) is 8.04. The quantitative estimate of drug-likeness (QED) is 0.764. The Balaban J connectivity index is 2.43. The summed E-state index contributed by atoms with van der Waals surface area (Å²) in [6.45, 7) is 8.34. The van der Waals surface area contributed by atoms with E-state index in [0.29, 0.717) is 16.9 Å². The lowest BCUT2D eigenvalue weighted by Crippen LogP contribution is -2.02. The largest absolute Gasteiger partial charge is 0.466 e. The number of carbonyl (C=O) groups excluding carboxylic acids is 1. The van der Waals surface area contributed by atoms with E-state index in [9.17, 15) is 4.79 Å². The molecule has 2 heterocycles. The van der Waals surface area contributed by atoms with Crippen LogP contribution in [0.2, 0.25) is 0 Å². The lowest BCUT2D eigenvalue weighted by Gasteiger charge is -1.97. The molecule has 0 spiro atoms. The molecule has 0 saturated heterocycles. The molecule has 4 nitrogen and oxygen atoms in total. The molecule has 0 fully saturated rings. The van der Waals surface area contributed by atoms with Crippen molar-refractivity contribution in [3.8, 4) is 0 Å². The van der Waals surface area contributed by atoms with Gasteiger partial charge >= 0.3 is 0 Å². The Morgan fingerprint density at radius 3 is 2.53 bits per heavy atom. The smallest absolute Gasteiger partial charge is 0.199 e. The number of furan rings is 1. The number of ketones is 1. The van der Waals surface area contributed by atoms with Crippen molar-refractivity contribution in [2.45, 2.75) is 34.2 Å². The molecule has 0 aromatic carbocycles. The third-order valence-corrected chi connectivity index (χ3v) is 3.01. The molecular formula is C13H16N2O2. The zero-order valence-electron chi connectivity index (χ0n) is 10.6. The molecular weight excluding hydrogens is 216 g/mol. The summed E-state index contributed by atoms with van der Waals surface area (Å²) in [5.41, 5.74) is 2.19. The average Bonchev–Trinajstić information content (AvgIpc) is 2.85. The summed E-state index contributed by atoms with van der Waals surface area (Å²) in [5.74, 6) is 1.46. The van der Waals surface area contributed by atoms with Crippen molar-refractivity contribution >= 4 is 5.78 Å². The van der Waals surface area contributed by atoms with Crippen LogP contribution < -0.4 is 0 Å². The lowest BCUT2D eigenvalue weighted by molar-refractivity contribution is 0.103. The summed E-state index contributed by atoms with van der Waals surface area (Å²) in [6, 6.07) is 0. The Hall–Kier alpha value is -1.84. The highest BCUT2D eigenvalue weighted by molar-refractivity contribution is 6.10. The van der Waals surface area contributed by atoms with Crippen molar-refractivity contribution in [3.05, 3.63) is 40.6 Å². The molecule has 2 rings (SSSR count). The zero-order valence-corrected chi connectivity index (χ0v) is 10.6. The van der Waals surface area contributed by atoms with Crippen LogP contribution in [0.5, 0.6) is 0 Å². The second-order valence-electron chi connectivity index (χ2n) is 4.13. The first-order valence-corrected chi connectivity index (χ1v) is 5.68. The molecule has 2 aromatic heterocycles. The topological polar surface area (TPSA) is 48.0 Å². The number of aryl methyl sites for hydroxylation is 3. The van der Waals surface area contributed by atoms with E-state index < -0.39 is 0 Å². The van der Waals surface area contributed by atoms with Gasteiger partial charge in [-0.15, -0.1) is 0 Å². The van der Waals surface area contributed by atoms with E-state index in [1.807, 2.05) is 27.7 Å². The first-order valence-electron chi connectivity index (χ1n) is 5.68. The second kappa shape index (κ2) is 4.20. The Labute approximate surface area is 100 Å². The molecule has 0 saturated carbocycles. The maximum atomic E-state index is 12.3. The predicted octanol–water partition coefficient (Wildman–Crippen LogP) is 2.65. The third-order valence-electron chi connectivity index (χ3n) is 3.01. The van der Waals surface area contributed by atoms with Gasteiger partial charge in [0.2, 0.25) is 0 Å². The molecule has 0 aliphatic carbocycles. The van der Waals surface area contributed by atoms with E-state index in [1.165, 1.54) is 0 Å². The van der Waals surface area contributed by atoms with Crippen LogP contribution in [0.15, 0.2) is 16.8 Å². The molecule has 0 aliphatic heterocycles. The molecule has 2 aromatic rings. The van der Waals surface area contributed by atoms with E-state index in [4.69, 9.17) is 4.42 Å². The van der Waals surface area contributed by atoms with E-state index in [2.05, 4.69) is 5.10 Å². The first kappa shape index (κ1) is 11.6. The van der Waals surface area contributed by atoms with Gasteiger partial charge in [-0.1, -0.05) is 0 Å². The number of aromatic nitrogens is 2. The van der Waals surface area contributed by atoms with Crippen molar-refractivity contribution in [2.75, 3.05) is 0 Å². The Morgan fingerprint density at radius 1 is 1.35 bits per heavy atom. The van der Waals surface area contributed by atoms with Gasteiger partial charge in [0, 0.05) is 18.3 Å². The van der Waals surface area contributed by atoms with E-state index in [1.54, 1.807) is 17.1 Å². The number of hydrogen-bond acceptors (Lipinski definition) is 3. The average molecular weight is 232 g/mol. The zero-order chi connectivity index (χ0) is 12.6. The summed E-state index contributed by atoms with van der Waals surface area (Å²) in [4.78, 5) is 12.3. The molecule has 0 atom stereocenters. The molecule has 0 amide bonds. The summed E-state index contributed by atoms with van der Waals surface area (Å²) in [7, 11) is 0. The van der Waals surface area contributed by atoms with Gasteiger partial charge in [0.25, 0.3) is 0 Å². The van der Waals surface area contributed by atoms with Crippen molar-refractivity contribution in [1.29, 1.82) is 0 Å². The molecule has 17 heavy (non-hydrogen) atoms. The number of hydrogen-bond donors (Lipinski definition) is 0. The molecule has 0 bridgehead atoms. The minimum atomic E-state index is -0.0171. The SMILES string of the molecule is CCn1cc(C(=O)c2c(C)oc(C)c2C)cn1. The number of carbonyl (C=O) groups is 1.